The van der Waals surface area contributed by atoms with E-state index in [-0.39, 0.29) is 45.8 Å². The molecule has 1 rings (SSSR count). The second-order valence-corrected chi connectivity index (χ2v) is 19.1. The lowest BCUT2D eigenvalue weighted by molar-refractivity contribution is -0.173. The molecule has 4 heteroatoms. The summed E-state index contributed by atoms with van der Waals surface area (Å²) in [5, 5.41) is 0. The molecule has 1 aliphatic carbocycles. The lowest BCUT2D eigenvalue weighted by Crippen LogP contribution is -2.49. The molecule has 42 heavy (non-hydrogen) atoms. The van der Waals surface area contributed by atoms with Gasteiger partial charge < -0.3 is 9.47 Å². The maximum atomic E-state index is 14.0. The zero-order chi connectivity index (χ0) is 33.2. The summed E-state index contributed by atoms with van der Waals surface area (Å²) in [5.74, 6) is 0.563. The third-order valence-corrected chi connectivity index (χ3v) is 11.3. The molecule has 0 heterocycles. The van der Waals surface area contributed by atoms with Crippen molar-refractivity contribution in [3.05, 3.63) is 0 Å². The molecule has 0 bridgehead atoms. The van der Waals surface area contributed by atoms with Crippen LogP contribution in [0.4, 0.5) is 0 Å². The molecule has 3 atom stereocenters. The van der Waals surface area contributed by atoms with Crippen LogP contribution in [-0.4, -0.2) is 24.1 Å². The smallest absolute Gasteiger partial charge is 0.312 e. The van der Waals surface area contributed by atoms with Gasteiger partial charge in [0.2, 0.25) is 0 Å². The molecule has 3 unspecified atom stereocenters. The van der Waals surface area contributed by atoms with Crippen LogP contribution in [0, 0.1) is 43.8 Å². The Morgan fingerprint density at radius 3 is 1.57 bits per heavy atom. The van der Waals surface area contributed by atoms with Crippen molar-refractivity contribution in [1.29, 1.82) is 0 Å². The van der Waals surface area contributed by atoms with E-state index in [1.807, 2.05) is 13.8 Å². The second kappa shape index (κ2) is 13.5. The maximum absolute atomic E-state index is 14.0. The minimum atomic E-state index is -0.620. The number of ether oxygens (including phenoxy) is 2. The molecule has 0 aromatic heterocycles. The quantitative estimate of drug-likeness (QED) is 0.211. The molecule has 0 spiro atoms. The summed E-state index contributed by atoms with van der Waals surface area (Å²) in [6, 6.07) is 0. The largest absolute Gasteiger partial charge is 0.463 e. The molecule has 0 N–H and O–H groups in total. The molecule has 248 valence electrons. The summed E-state index contributed by atoms with van der Waals surface area (Å²) in [6.07, 6.45) is 8.26. The molecule has 4 nitrogen and oxygen atoms in total. The topological polar surface area (TPSA) is 52.6 Å². The number of hydrogen-bond acceptors (Lipinski definition) is 4. The molecule has 0 aromatic carbocycles. The molecule has 0 aliphatic heterocycles. The number of rotatable bonds is 12. The second-order valence-electron chi connectivity index (χ2n) is 19.1. The third kappa shape index (κ3) is 9.98. The van der Waals surface area contributed by atoms with E-state index >= 15 is 0 Å². The summed E-state index contributed by atoms with van der Waals surface area (Å²) >= 11 is 0. The van der Waals surface area contributed by atoms with Crippen LogP contribution in [0.3, 0.4) is 0 Å². The van der Waals surface area contributed by atoms with Crippen LogP contribution in [0.25, 0.3) is 0 Å². The SMILES string of the molecule is CCC(C)(CCC(C)(C)CC(C)(C(=O)OC1CCC(C(C)(C)C)CC1)C(C)(C)C)C(C)(CC(C)(C)C)C(=O)OC(C)C. The van der Waals surface area contributed by atoms with Crippen LogP contribution < -0.4 is 0 Å². The summed E-state index contributed by atoms with van der Waals surface area (Å²) < 4.78 is 12.2. The number of esters is 2. The van der Waals surface area contributed by atoms with Crippen molar-refractivity contribution < 1.29 is 19.1 Å². The monoisotopic (exact) mass is 593 g/mol. The highest BCUT2D eigenvalue weighted by molar-refractivity contribution is 5.78. The van der Waals surface area contributed by atoms with Crippen LogP contribution in [-0.2, 0) is 19.1 Å². The van der Waals surface area contributed by atoms with Gasteiger partial charge in [0.15, 0.2) is 0 Å². The lowest BCUT2D eigenvalue weighted by Gasteiger charge is -2.50. The van der Waals surface area contributed by atoms with Gasteiger partial charge in [-0.05, 0) is 118 Å². The van der Waals surface area contributed by atoms with Crippen molar-refractivity contribution in [2.24, 2.45) is 43.8 Å². The van der Waals surface area contributed by atoms with Crippen molar-refractivity contribution in [3.8, 4) is 0 Å². The fourth-order valence-corrected chi connectivity index (χ4v) is 7.41. The van der Waals surface area contributed by atoms with Crippen LogP contribution in [0.2, 0.25) is 0 Å². The van der Waals surface area contributed by atoms with Crippen LogP contribution in [0.1, 0.15) is 175 Å². The molecular weight excluding hydrogens is 520 g/mol. The fraction of sp³-hybridized carbons (Fsp3) is 0.947. The molecular formula is C38H72O4. The van der Waals surface area contributed by atoms with E-state index in [0.717, 1.165) is 57.8 Å². The van der Waals surface area contributed by atoms with Gasteiger partial charge in [-0.15, -0.1) is 0 Å². The summed E-state index contributed by atoms with van der Waals surface area (Å²) in [6.45, 7) is 37.4. The first-order valence-electron chi connectivity index (χ1n) is 17.0. The molecule has 0 radical (unpaired) electrons. The number of hydrogen-bond donors (Lipinski definition) is 0. The summed E-state index contributed by atoms with van der Waals surface area (Å²) in [4.78, 5) is 27.7. The van der Waals surface area contributed by atoms with E-state index in [1.165, 1.54) is 0 Å². The van der Waals surface area contributed by atoms with Gasteiger partial charge in [0.25, 0.3) is 0 Å². The van der Waals surface area contributed by atoms with Crippen molar-refractivity contribution in [1.82, 2.24) is 0 Å². The zero-order valence-electron chi connectivity index (χ0n) is 31.2. The Bertz CT molecular complexity index is 888. The molecule has 0 aromatic rings. The first kappa shape index (κ1) is 39.0. The van der Waals surface area contributed by atoms with Crippen molar-refractivity contribution in [3.63, 3.8) is 0 Å². The van der Waals surface area contributed by atoms with Crippen molar-refractivity contribution in [2.75, 3.05) is 0 Å². The van der Waals surface area contributed by atoms with Gasteiger partial charge in [-0.3, -0.25) is 9.59 Å². The highest BCUT2D eigenvalue weighted by atomic mass is 16.5. The minimum Gasteiger partial charge on any atom is -0.463 e. The average molecular weight is 593 g/mol. The van der Waals surface area contributed by atoms with Crippen LogP contribution in [0.5, 0.6) is 0 Å². The standard InChI is InChI=1S/C38H72O4/c1-18-36(15,38(17,25-32(4,5)6)31(40)41-27(2)3)24-23-35(13,14)26-37(16,34(10,11)12)30(39)42-29-21-19-28(20-22-29)33(7,8)9/h27-29H,18-26H2,1-17H3. The van der Waals surface area contributed by atoms with E-state index in [1.54, 1.807) is 0 Å². The molecule has 0 amide bonds. The Kier molecular flexibility index (Phi) is 12.5. The lowest BCUT2D eigenvalue weighted by atomic mass is 9.54. The molecule has 1 saturated carbocycles. The van der Waals surface area contributed by atoms with Gasteiger partial charge in [0.05, 0.1) is 16.9 Å². The Hall–Kier alpha value is -1.06. The van der Waals surface area contributed by atoms with E-state index in [2.05, 4.69) is 104 Å². The van der Waals surface area contributed by atoms with Crippen molar-refractivity contribution in [2.45, 2.75) is 188 Å². The van der Waals surface area contributed by atoms with Gasteiger partial charge >= 0.3 is 11.9 Å². The molecule has 1 aliphatic rings. The highest BCUT2D eigenvalue weighted by Crippen LogP contribution is 2.55. The number of carbonyl (C=O) groups excluding carboxylic acids is 2. The third-order valence-electron chi connectivity index (χ3n) is 11.3. The van der Waals surface area contributed by atoms with Crippen LogP contribution >= 0.6 is 0 Å². The van der Waals surface area contributed by atoms with Gasteiger partial charge in [0, 0.05) is 0 Å². The summed E-state index contributed by atoms with van der Waals surface area (Å²) in [5.41, 5.74) is -1.55. The predicted molar refractivity (Wildman–Crippen MR) is 178 cm³/mol. The van der Waals surface area contributed by atoms with Crippen molar-refractivity contribution >= 4 is 11.9 Å². The first-order valence-corrected chi connectivity index (χ1v) is 17.0. The zero-order valence-corrected chi connectivity index (χ0v) is 31.2. The van der Waals surface area contributed by atoms with E-state index in [4.69, 9.17) is 9.47 Å². The molecule has 1 fully saturated rings. The normalized spacial score (nSPS) is 23.5. The van der Waals surface area contributed by atoms with Gasteiger partial charge in [-0.25, -0.2) is 0 Å². The van der Waals surface area contributed by atoms with E-state index in [9.17, 15) is 9.59 Å². The highest BCUT2D eigenvalue weighted by Gasteiger charge is 2.54. The minimum absolute atomic E-state index is 0.0166. The van der Waals surface area contributed by atoms with Gasteiger partial charge in [0.1, 0.15) is 6.10 Å². The number of carbonyl (C=O) groups is 2. The maximum Gasteiger partial charge on any atom is 0.312 e. The Morgan fingerprint density at radius 2 is 1.19 bits per heavy atom. The Morgan fingerprint density at radius 1 is 0.690 bits per heavy atom. The van der Waals surface area contributed by atoms with Crippen LogP contribution in [0.15, 0.2) is 0 Å². The first-order chi connectivity index (χ1) is 18.6. The van der Waals surface area contributed by atoms with E-state index in [0.29, 0.717) is 11.3 Å². The predicted octanol–water partition coefficient (Wildman–Crippen LogP) is 11.2. The molecule has 0 saturated heterocycles. The summed E-state index contributed by atoms with van der Waals surface area (Å²) in [7, 11) is 0. The van der Waals surface area contributed by atoms with Gasteiger partial charge in [-0.2, -0.15) is 0 Å². The Labute approximate surface area is 262 Å². The Balaban J connectivity index is 3.19. The fourth-order valence-electron chi connectivity index (χ4n) is 7.41. The average Bonchev–Trinajstić information content (AvgIpc) is 2.79. The van der Waals surface area contributed by atoms with Gasteiger partial charge in [-0.1, -0.05) is 90.0 Å². The van der Waals surface area contributed by atoms with E-state index < -0.39 is 10.8 Å².